The van der Waals surface area contributed by atoms with Crippen LogP contribution in [0.2, 0.25) is 0 Å². The molecular formula is C10H15F2N3. The van der Waals surface area contributed by atoms with E-state index in [4.69, 9.17) is 5.73 Å². The van der Waals surface area contributed by atoms with Gasteiger partial charge in [-0.05, 0) is 24.6 Å². The van der Waals surface area contributed by atoms with Crippen LogP contribution in [0.25, 0.3) is 0 Å². The maximum absolute atomic E-state index is 12.2. The molecule has 2 N–H and O–H groups in total. The number of aryl methyl sites for hydroxylation is 1. The highest BCUT2D eigenvalue weighted by Gasteiger charge is 2.10. The van der Waals surface area contributed by atoms with Gasteiger partial charge in [-0.3, -0.25) is 0 Å². The first kappa shape index (κ1) is 11.8. The minimum absolute atomic E-state index is 0.319. The molecule has 1 heterocycles. The topological polar surface area (TPSA) is 42.1 Å². The molecule has 0 amide bonds. The summed E-state index contributed by atoms with van der Waals surface area (Å²) in [6, 6.07) is 3.58. The number of nitrogens with zero attached hydrogens (tertiary/aromatic N) is 2. The summed E-state index contributed by atoms with van der Waals surface area (Å²) >= 11 is 0. The number of rotatable bonds is 4. The van der Waals surface area contributed by atoms with Crippen LogP contribution in [-0.2, 0) is 6.54 Å². The third-order valence-corrected chi connectivity index (χ3v) is 2.04. The van der Waals surface area contributed by atoms with Crippen LogP contribution in [-0.4, -0.2) is 25.0 Å². The fourth-order valence-electron chi connectivity index (χ4n) is 1.33. The van der Waals surface area contributed by atoms with Gasteiger partial charge >= 0.3 is 0 Å². The summed E-state index contributed by atoms with van der Waals surface area (Å²) in [4.78, 5) is 5.60. The fourth-order valence-corrected chi connectivity index (χ4v) is 1.33. The number of halogens is 2. The van der Waals surface area contributed by atoms with Gasteiger partial charge < -0.3 is 10.6 Å². The molecule has 0 atom stereocenters. The molecule has 0 saturated carbocycles. The van der Waals surface area contributed by atoms with Gasteiger partial charge in [0, 0.05) is 19.3 Å². The Morgan fingerprint density at radius 2 is 2.13 bits per heavy atom. The van der Waals surface area contributed by atoms with Gasteiger partial charge in [-0.15, -0.1) is 0 Å². The number of alkyl halides is 2. The van der Waals surface area contributed by atoms with Crippen molar-refractivity contribution in [2.24, 2.45) is 5.73 Å². The minimum atomic E-state index is -2.36. The molecule has 0 unspecified atom stereocenters. The molecule has 1 aromatic rings. The van der Waals surface area contributed by atoms with Crippen molar-refractivity contribution in [3.63, 3.8) is 0 Å². The molecule has 0 fully saturated rings. The minimum Gasteiger partial charge on any atom is -0.354 e. The average Bonchev–Trinajstić information content (AvgIpc) is 2.15. The number of hydrogen-bond donors (Lipinski definition) is 1. The zero-order valence-electron chi connectivity index (χ0n) is 8.87. The van der Waals surface area contributed by atoms with Gasteiger partial charge in [0.1, 0.15) is 5.82 Å². The number of hydrogen-bond acceptors (Lipinski definition) is 3. The lowest BCUT2D eigenvalue weighted by Crippen LogP contribution is -2.25. The normalized spacial score (nSPS) is 10.8. The van der Waals surface area contributed by atoms with E-state index in [2.05, 4.69) is 4.98 Å². The van der Waals surface area contributed by atoms with Gasteiger partial charge in [-0.25, -0.2) is 13.8 Å². The molecule has 3 nitrogen and oxygen atoms in total. The molecule has 15 heavy (non-hydrogen) atoms. The number of anilines is 1. The molecule has 0 aliphatic heterocycles. The predicted octanol–water partition coefficient (Wildman–Crippen LogP) is 1.55. The second-order valence-corrected chi connectivity index (χ2v) is 3.45. The molecule has 1 rings (SSSR count). The second kappa shape index (κ2) is 5.02. The van der Waals surface area contributed by atoms with Crippen molar-refractivity contribution in [2.75, 3.05) is 18.5 Å². The third-order valence-electron chi connectivity index (χ3n) is 2.04. The first-order valence-electron chi connectivity index (χ1n) is 4.70. The van der Waals surface area contributed by atoms with Gasteiger partial charge in [0.05, 0.1) is 6.54 Å². The Hall–Kier alpha value is -1.23. The summed E-state index contributed by atoms with van der Waals surface area (Å²) < 4.78 is 24.3. The van der Waals surface area contributed by atoms with E-state index < -0.39 is 6.43 Å². The van der Waals surface area contributed by atoms with Crippen molar-refractivity contribution in [1.82, 2.24) is 4.98 Å². The Labute approximate surface area is 87.9 Å². The van der Waals surface area contributed by atoms with Crippen molar-refractivity contribution in [3.05, 3.63) is 23.4 Å². The van der Waals surface area contributed by atoms with E-state index in [0.717, 1.165) is 11.3 Å². The summed E-state index contributed by atoms with van der Waals surface area (Å²) in [5, 5.41) is 0. The molecule has 0 radical (unpaired) electrons. The van der Waals surface area contributed by atoms with Crippen LogP contribution in [0.5, 0.6) is 0 Å². The maximum atomic E-state index is 12.2. The molecular weight excluding hydrogens is 200 g/mol. The smallest absolute Gasteiger partial charge is 0.255 e. The van der Waals surface area contributed by atoms with Crippen LogP contribution in [0.1, 0.15) is 11.3 Å². The van der Waals surface area contributed by atoms with Crippen molar-refractivity contribution >= 4 is 5.82 Å². The summed E-state index contributed by atoms with van der Waals surface area (Å²) in [5.74, 6) is 0.538. The summed E-state index contributed by atoms with van der Waals surface area (Å²) in [6.45, 7) is 1.89. The van der Waals surface area contributed by atoms with Crippen molar-refractivity contribution in [3.8, 4) is 0 Å². The lowest BCUT2D eigenvalue weighted by molar-refractivity contribution is 0.156. The quantitative estimate of drug-likeness (QED) is 0.828. The van der Waals surface area contributed by atoms with Gasteiger partial charge in [0.15, 0.2) is 0 Å². The molecule has 0 bridgehead atoms. The molecule has 0 aromatic carbocycles. The Balaban J connectivity index is 2.88. The lowest BCUT2D eigenvalue weighted by Gasteiger charge is -2.18. The molecule has 0 aliphatic carbocycles. The monoisotopic (exact) mass is 215 g/mol. The van der Waals surface area contributed by atoms with E-state index in [-0.39, 0.29) is 6.54 Å². The van der Waals surface area contributed by atoms with Gasteiger partial charge in [0.2, 0.25) is 0 Å². The van der Waals surface area contributed by atoms with E-state index in [1.54, 1.807) is 13.1 Å². The van der Waals surface area contributed by atoms with Gasteiger partial charge in [-0.1, -0.05) is 0 Å². The zero-order chi connectivity index (χ0) is 11.4. The van der Waals surface area contributed by atoms with Crippen LogP contribution in [0.3, 0.4) is 0 Å². The summed E-state index contributed by atoms with van der Waals surface area (Å²) in [5.41, 5.74) is 7.18. The van der Waals surface area contributed by atoms with Gasteiger partial charge in [-0.2, -0.15) is 0 Å². The first-order valence-corrected chi connectivity index (χ1v) is 4.70. The first-order chi connectivity index (χ1) is 7.02. The summed E-state index contributed by atoms with van der Waals surface area (Å²) in [6.07, 6.45) is -2.36. The maximum Gasteiger partial charge on any atom is 0.255 e. The lowest BCUT2D eigenvalue weighted by atomic mass is 10.2. The zero-order valence-corrected chi connectivity index (χ0v) is 8.87. The van der Waals surface area contributed by atoms with E-state index in [1.807, 2.05) is 13.0 Å². The largest absolute Gasteiger partial charge is 0.354 e. The van der Waals surface area contributed by atoms with Crippen LogP contribution in [0.4, 0.5) is 14.6 Å². The number of aromatic nitrogens is 1. The predicted molar refractivity (Wildman–Crippen MR) is 56.1 cm³/mol. The fraction of sp³-hybridized carbons (Fsp3) is 0.500. The molecule has 1 aromatic heterocycles. The standard InChI is InChI=1S/C10H15F2N3/c1-7-3-8(5-13)4-10(14-7)15(2)6-9(11)12/h3-4,9H,5-6,13H2,1-2H3. The van der Waals surface area contributed by atoms with Crippen LogP contribution in [0, 0.1) is 6.92 Å². The van der Waals surface area contributed by atoms with Crippen molar-refractivity contribution in [1.29, 1.82) is 0 Å². The Morgan fingerprint density at radius 1 is 1.47 bits per heavy atom. The highest BCUT2D eigenvalue weighted by molar-refractivity contribution is 5.41. The van der Waals surface area contributed by atoms with Gasteiger partial charge in [0.25, 0.3) is 6.43 Å². The molecule has 0 saturated heterocycles. The number of pyridine rings is 1. The Kier molecular flexibility index (Phi) is 3.96. The average molecular weight is 215 g/mol. The van der Waals surface area contributed by atoms with Crippen LogP contribution < -0.4 is 10.6 Å². The summed E-state index contributed by atoms with van der Waals surface area (Å²) in [7, 11) is 1.59. The highest BCUT2D eigenvalue weighted by atomic mass is 19.3. The number of nitrogens with two attached hydrogens (primary N) is 1. The van der Waals surface area contributed by atoms with E-state index in [0.29, 0.717) is 12.4 Å². The second-order valence-electron chi connectivity index (χ2n) is 3.45. The highest BCUT2D eigenvalue weighted by Crippen LogP contribution is 2.14. The molecule has 0 aliphatic rings. The van der Waals surface area contributed by atoms with Crippen molar-refractivity contribution in [2.45, 2.75) is 19.9 Å². The SMILES string of the molecule is Cc1cc(CN)cc(N(C)CC(F)F)n1. The Morgan fingerprint density at radius 3 is 2.67 bits per heavy atom. The van der Waals surface area contributed by atoms with E-state index in [1.165, 1.54) is 4.90 Å². The molecule has 0 spiro atoms. The van der Waals surface area contributed by atoms with Crippen LogP contribution in [0.15, 0.2) is 12.1 Å². The molecule has 5 heteroatoms. The third kappa shape index (κ3) is 3.43. The Bertz CT molecular complexity index is 328. The van der Waals surface area contributed by atoms with E-state index in [9.17, 15) is 8.78 Å². The van der Waals surface area contributed by atoms with E-state index >= 15 is 0 Å². The molecule has 84 valence electrons. The van der Waals surface area contributed by atoms with Crippen molar-refractivity contribution < 1.29 is 8.78 Å². The van der Waals surface area contributed by atoms with Crippen LogP contribution >= 0.6 is 0 Å².